The normalized spacial score (nSPS) is 19.1. The molecular weight excluding hydrogens is 492 g/mol. The Morgan fingerprint density at radius 3 is 2.62 bits per heavy atom. The molecule has 37 heavy (non-hydrogen) atoms. The van der Waals surface area contributed by atoms with Crippen molar-refractivity contribution in [3.63, 3.8) is 0 Å². The van der Waals surface area contributed by atoms with Gasteiger partial charge in [-0.25, -0.2) is 23.1 Å². The van der Waals surface area contributed by atoms with Gasteiger partial charge in [-0.1, -0.05) is 19.1 Å². The third-order valence-electron chi connectivity index (χ3n) is 6.43. The number of amides is 1. The van der Waals surface area contributed by atoms with Gasteiger partial charge in [-0.2, -0.15) is 0 Å². The molecule has 1 saturated heterocycles. The summed E-state index contributed by atoms with van der Waals surface area (Å²) in [6.45, 7) is 11.2. The zero-order valence-electron chi connectivity index (χ0n) is 21.7. The molecule has 2 aromatic rings. The fraction of sp³-hybridized carbons (Fsp3) is 0.407. The van der Waals surface area contributed by atoms with E-state index in [2.05, 4.69) is 30.5 Å². The second-order valence-corrected chi connectivity index (χ2v) is 11.8. The minimum Gasteiger partial charge on any atom is -0.478 e. The molecule has 0 spiro atoms. The number of nitrogens with one attached hydrogen (secondary N) is 1. The highest BCUT2D eigenvalue weighted by Crippen LogP contribution is 2.38. The largest absolute Gasteiger partial charge is 0.478 e. The van der Waals surface area contributed by atoms with Crippen LogP contribution in [0.5, 0.6) is 5.88 Å². The average molecular weight is 525 g/mol. The van der Waals surface area contributed by atoms with Gasteiger partial charge in [0.15, 0.2) is 5.78 Å². The van der Waals surface area contributed by atoms with Crippen LogP contribution >= 0.6 is 0 Å². The third kappa shape index (κ3) is 5.58. The minimum absolute atomic E-state index is 0.0322. The van der Waals surface area contributed by atoms with E-state index in [1.807, 2.05) is 30.9 Å². The number of anilines is 1. The standard InChI is InChI=1S/C27H32N4O5S/c1-6-36-24-14-17(2)13-21(28-24)20-12-11-19(25(29-20)31-16-18(3)15-27(31,4)5)26(33)30-37(34,35)23-10-8-7-9-22(23)32/h7-8,10-14,18H,6,9,15-16H2,1-5H3,(H,30,33)/t18-/m0/s1. The van der Waals surface area contributed by atoms with Crippen molar-refractivity contribution in [2.45, 2.75) is 53.0 Å². The minimum atomic E-state index is -4.35. The summed E-state index contributed by atoms with van der Waals surface area (Å²) in [5, 5.41) is 0. The summed E-state index contributed by atoms with van der Waals surface area (Å²) in [6.07, 6.45) is 5.10. The number of carbonyl (C=O) groups excluding carboxylic acids is 2. The van der Waals surface area contributed by atoms with Gasteiger partial charge < -0.3 is 9.64 Å². The number of sulfonamides is 1. The van der Waals surface area contributed by atoms with Crippen LogP contribution in [-0.4, -0.2) is 48.8 Å². The highest BCUT2D eigenvalue weighted by Gasteiger charge is 2.39. The third-order valence-corrected chi connectivity index (χ3v) is 7.82. The summed E-state index contributed by atoms with van der Waals surface area (Å²) in [5.74, 6) is -0.229. The predicted molar refractivity (Wildman–Crippen MR) is 142 cm³/mol. The summed E-state index contributed by atoms with van der Waals surface area (Å²) in [5.41, 5.74) is 1.84. The first kappa shape index (κ1) is 26.5. The molecule has 0 saturated carbocycles. The Balaban J connectivity index is 1.78. The van der Waals surface area contributed by atoms with Gasteiger partial charge in [-0.05, 0) is 69.9 Å². The van der Waals surface area contributed by atoms with E-state index >= 15 is 0 Å². The fourth-order valence-corrected chi connectivity index (χ4v) is 6.02. The number of nitrogens with zero attached hydrogens (tertiary/aromatic N) is 3. The maximum atomic E-state index is 13.4. The zero-order valence-corrected chi connectivity index (χ0v) is 22.6. The number of rotatable bonds is 7. The summed E-state index contributed by atoms with van der Waals surface area (Å²) in [4.78, 5) is 36.5. The molecule has 1 amide bonds. The summed E-state index contributed by atoms with van der Waals surface area (Å²) < 4.78 is 33.5. The summed E-state index contributed by atoms with van der Waals surface area (Å²) in [7, 11) is -4.35. The van der Waals surface area contributed by atoms with E-state index < -0.39 is 26.6 Å². The molecule has 1 fully saturated rings. The Kier molecular flexibility index (Phi) is 7.23. The van der Waals surface area contributed by atoms with Gasteiger partial charge in [0.05, 0.1) is 23.6 Å². The maximum absolute atomic E-state index is 13.4. The second-order valence-electron chi connectivity index (χ2n) is 10.1. The van der Waals surface area contributed by atoms with Crippen LogP contribution in [0.1, 0.15) is 56.5 Å². The Hall–Kier alpha value is -3.53. The highest BCUT2D eigenvalue weighted by atomic mass is 32.2. The lowest BCUT2D eigenvalue weighted by Crippen LogP contribution is -2.41. The molecule has 0 aromatic carbocycles. The van der Waals surface area contributed by atoms with E-state index in [0.717, 1.165) is 12.0 Å². The monoisotopic (exact) mass is 524 g/mol. The molecule has 1 N–H and O–H groups in total. The molecule has 0 radical (unpaired) electrons. The number of Topliss-reactive ketones (excluding diaryl/α,β-unsaturated/α-hetero) is 1. The molecule has 1 aliphatic carbocycles. The number of ketones is 1. The van der Waals surface area contributed by atoms with Crippen molar-refractivity contribution in [1.29, 1.82) is 0 Å². The highest BCUT2D eigenvalue weighted by molar-refractivity contribution is 7.95. The molecule has 9 nitrogen and oxygen atoms in total. The van der Waals surface area contributed by atoms with Gasteiger partial charge >= 0.3 is 0 Å². The number of hydrogen-bond acceptors (Lipinski definition) is 8. The van der Waals surface area contributed by atoms with Gasteiger partial charge in [0, 0.05) is 24.6 Å². The quantitative estimate of drug-likeness (QED) is 0.578. The van der Waals surface area contributed by atoms with E-state index in [1.54, 1.807) is 18.2 Å². The first-order valence-corrected chi connectivity index (χ1v) is 13.8. The van der Waals surface area contributed by atoms with Crippen molar-refractivity contribution in [3.8, 4) is 17.3 Å². The Labute approximate surface area is 217 Å². The number of ether oxygens (including phenoxy) is 1. The van der Waals surface area contributed by atoms with Gasteiger partial charge in [-0.3, -0.25) is 9.59 Å². The first-order valence-electron chi connectivity index (χ1n) is 12.3. The summed E-state index contributed by atoms with van der Waals surface area (Å²) in [6, 6.07) is 6.92. The van der Waals surface area contributed by atoms with Gasteiger partial charge in [0.2, 0.25) is 5.88 Å². The van der Waals surface area contributed by atoms with Crippen LogP contribution in [0.15, 0.2) is 47.4 Å². The van der Waals surface area contributed by atoms with E-state index in [1.165, 1.54) is 12.2 Å². The summed E-state index contributed by atoms with van der Waals surface area (Å²) >= 11 is 0. The predicted octanol–water partition coefficient (Wildman–Crippen LogP) is 3.95. The lowest BCUT2D eigenvalue weighted by atomic mass is 9.97. The van der Waals surface area contributed by atoms with Crippen LogP contribution in [0.4, 0.5) is 5.82 Å². The van der Waals surface area contributed by atoms with Crippen molar-refractivity contribution in [3.05, 3.63) is 58.5 Å². The van der Waals surface area contributed by atoms with Crippen molar-refractivity contribution in [2.24, 2.45) is 5.92 Å². The molecule has 3 heterocycles. The Morgan fingerprint density at radius 2 is 1.97 bits per heavy atom. The molecule has 196 valence electrons. The molecule has 2 aliphatic rings. The van der Waals surface area contributed by atoms with Crippen LogP contribution in [0.25, 0.3) is 11.4 Å². The molecule has 2 aromatic heterocycles. The van der Waals surface area contributed by atoms with Crippen LogP contribution in [0.3, 0.4) is 0 Å². The van der Waals surface area contributed by atoms with Crippen LogP contribution in [0, 0.1) is 12.8 Å². The van der Waals surface area contributed by atoms with Gasteiger partial charge in [-0.15, -0.1) is 0 Å². The number of carbonyl (C=O) groups is 2. The van der Waals surface area contributed by atoms with Crippen molar-refractivity contribution >= 4 is 27.5 Å². The number of pyridine rings is 2. The molecule has 0 bridgehead atoms. The lowest BCUT2D eigenvalue weighted by Gasteiger charge is -2.34. The van der Waals surface area contributed by atoms with E-state index in [0.29, 0.717) is 42.2 Å². The molecule has 1 aliphatic heterocycles. The number of allylic oxidation sites excluding steroid dienone is 4. The lowest BCUT2D eigenvalue weighted by molar-refractivity contribution is -0.114. The van der Waals surface area contributed by atoms with Crippen LogP contribution < -0.4 is 14.4 Å². The van der Waals surface area contributed by atoms with Crippen molar-refractivity contribution < 1.29 is 22.7 Å². The van der Waals surface area contributed by atoms with Gasteiger partial charge in [0.1, 0.15) is 10.7 Å². The molecular formula is C27H32N4O5S. The van der Waals surface area contributed by atoms with Crippen LogP contribution in [-0.2, 0) is 14.8 Å². The van der Waals surface area contributed by atoms with E-state index in [4.69, 9.17) is 9.72 Å². The Bertz CT molecular complexity index is 1410. The molecule has 4 rings (SSSR count). The number of aromatic nitrogens is 2. The average Bonchev–Trinajstić information content (AvgIpc) is 3.10. The SMILES string of the molecule is CCOc1cc(C)cc(-c2ccc(C(=O)NS(=O)(=O)C3=CC=CCC3=O)c(N3C[C@@H](C)CC3(C)C)n2)n1. The van der Waals surface area contributed by atoms with Crippen LogP contribution in [0.2, 0.25) is 0 Å². The maximum Gasteiger partial charge on any atom is 0.268 e. The van der Waals surface area contributed by atoms with E-state index in [-0.39, 0.29) is 17.5 Å². The second kappa shape index (κ2) is 10.1. The zero-order chi connectivity index (χ0) is 27.0. The number of hydrogen-bond donors (Lipinski definition) is 1. The topological polar surface area (TPSA) is 119 Å². The Morgan fingerprint density at radius 1 is 1.22 bits per heavy atom. The van der Waals surface area contributed by atoms with E-state index in [9.17, 15) is 18.0 Å². The smallest absolute Gasteiger partial charge is 0.268 e. The van der Waals surface area contributed by atoms with Crippen molar-refractivity contribution in [2.75, 3.05) is 18.1 Å². The number of aryl methyl sites for hydroxylation is 1. The van der Waals surface area contributed by atoms with Gasteiger partial charge in [0.25, 0.3) is 15.9 Å². The molecule has 1 atom stereocenters. The fourth-order valence-electron chi connectivity index (χ4n) is 4.92. The van der Waals surface area contributed by atoms with Crippen molar-refractivity contribution in [1.82, 2.24) is 14.7 Å². The molecule has 10 heteroatoms. The molecule has 0 unspecified atom stereocenters. The first-order chi connectivity index (χ1) is 17.4.